The van der Waals surface area contributed by atoms with Gasteiger partial charge in [-0.05, 0) is 20.4 Å². The zero-order valence-electron chi connectivity index (χ0n) is 20.3. The molecule has 178 valence electrons. The molecular weight excluding hydrogens is 402 g/mol. The van der Waals surface area contributed by atoms with Crippen LogP contribution in [-0.2, 0) is 24.0 Å². The van der Waals surface area contributed by atoms with Gasteiger partial charge in [0.2, 0.25) is 23.6 Å². The molecule has 0 bridgehead atoms. The van der Waals surface area contributed by atoms with Gasteiger partial charge in [-0.15, -0.1) is 0 Å². The number of carbonyl (C=O) groups excluding carboxylic acids is 5. The van der Waals surface area contributed by atoms with Crippen LogP contribution in [-0.4, -0.2) is 128 Å². The number of rotatable bonds is 13. The average Bonchev–Trinajstić information content (AvgIpc) is 2.71. The molecule has 0 saturated heterocycles. The van der Waals surface area contributed by atoms with Crippen molar-refractivity contribution in [1.82, 2.24) is 24.5 Å². The molecule has 0 aliphatic carbocycles. The molecule has 0 aliphatic rings. The molecule has 0 radical (unpaired) electrons. The van der Waals surface area contributed by atoms with E-state index in [0.717, 1.165) is 6.42 Å². The van der Waals surface area contributed by atoms with E-state index in [9.17, 15) is 24.0 Å². The third-order valence-corrected chi connectivity index (χ3v) is 5.36. The fourth-order valence-electron chi connectivity index (χ4n) is 2.50. The van der Waals surface area contributed by atoms with E-state index in [1.165, 1.54) is 40.7 Å². The number of likely N-dealkylation sites (N-methyl/N-ethyl adjacent to an activating group) is 5. The fourth-order valence-corrected chi connectivity index (χ4v) is 2.50. The Morgan fingerprint density at radius 3 is 1.23 bits per heavy atom. The molecule has 0 aromatic carbocycles. The van der Waals surface area contributed by atoms with Gasteiger partial charge in [0.25, 0.3) is 0 Å². The lowest BCUT2D eigenvalue weighted by Gasteiger charge is -2.27. The summed E-state index contributed by atoms with van der Waals surface area (Å²) < 4.78 is 0. The minimum absolute atomic E-state index is 0.00232. The van der Waals surface area contributed by atoms with Crippen molar-refractivity contribution in [3.63, 3.8) is 0 Å². The Balaban J connectivity index is 4.60. The molecule has 0 aromatic rings. The first kappa shape index (κ1) is 28.5. The highest BCUT2D eigenvalue weighted by Crippen LogP contribution is 2.01. The van der Waals surface area contributed by atoms with Crippen molar-refractivity contribution < 1.29 is 24.0 Å². The molecule has 0 fully saturated rings. The lowest BCUT2D eigenvalue weighted by atomic mass is 10.2. The maximum Gasteiger partial charge on any atom is 0.242 e. The first-order chi connectivity index (χ1) is 14.3. The highest BCUT2D eigenvalue weighted by molar-refractivity contribution is 5.91. The zero-order valence-corrected chi connectivity index (χ0v) is 20.3. The van der Waals surface area contributed by atoms with Crippen LogP contribution in [0.4, 0.5) is 0 Å². The molecular formula is C21H39N5O5. The first-order valence-electron chi connectivity index (χ1n) is 10.5. The second kappa shape index (κ2) is 13.7. The Morgan fingerprint density at radius 1 is 0.581 bits per heavy atom. The van der Waals surface area contributed by atoms with Crippen molar-refractivity contribution in [2.75, 3.05) is 68.0 Å². The third kappa shape index (κ3) is 10.4. The highest BCUT2D eigenvalue weighted by Gasteiger charge is 2.22. The minimum Gasteiger partial charge on any atom is -0.337 e. The molecule has 1 atom stereocenters. The van der Waals surface area contributed by atoms with Gasteiger partial charge in [-0.25, -0.2) is 0 Å². The minimum atomic E-state index is -0.412. The van der Waals surface area contributed by atoms with Crippen molar-refractivity contribution in [2.45, 2.75) is 39.7 Å². The molecule has 0 rings (SSSR count). The number of Topliss-reactive ketones (excluding diaryl/α,β-unsaturated/α-hetero) is 1. The lowest BCUT2D eigenvalue weighted by Crippen LogP contribution is -2.47. The molecule has 0 heterocycles. The van der Waals surface area contributed by atoms with E-state index in [4.69, 9.17) is 0 Å². The van der Waals surface area contributed by atoms with Crippen molar-refractivity contribution in [2.24, 2.45) is 0 Å². The maximum absolute atomic E-state index is 12.4. The molecule has 0 aromatic heterocycles. The summed E-state index contributed by atoms with van der Waals surface area (Å²) >= 11 is 0. The van der Waals surface area contributed by atoms with E-state index >= 15 is 0 Å². The number of nitrogens with zero attached hydrogens (tertiary/aromatic N) is 5. The van der Waals surface area contributed by atoms with Crippen LogP contribution in [0, 0.1) is 0 Å². The SMILES string of the molecule is CCC(=O)CN(C)C(=O)CN(C)C(=O)CN(C)C(=O)CN(C)C(=O)CN(C)C(C)CC. The van der Waals surface area contributed by atoms with Gasteiger partial charge in [0, 0.05) is 40.7 Å². The van der Waals surface area contributed by atoms with E-state index in [-0.39, 0.29) is 62.3 Å². The summed E-state index contributed by atoms with van der Waals surface area (Å²) in [6.45, 7) is 5.46. The third-order valence-electron chi connectivity index (χ3n) is 5.36. The number of carbonyl (C=O) groups is 5. The monoisotopic (exact) mass is 441 g/mol. The van der Waals surface area contributed by atoms with Crippen LogP contribution in [0.3, 0.4) is 0 Å². The van der Waals surface area contributed by atoms with E-state index in [1.54, 1.807) is 14.0 Å². The van der Waals surface area contributed by atoms with Crippen LogP contribution in [0.5, 0.6) is 0 Å². The molecule has 0 spiro atoms. The Hall–Kier alpha value is -2.49. The van der Waals surface area contributed by atoms with Crippen LogP contribution in [0.1, 0.15) is 33.6 Å². The lowest BCUT2D eigenvalue weighted by molar-refractivity contribution is -0.144. The molecule has 0 aliphatic heterocycles. The predicted molar refractivity (Wildman–Crippen MR) is 118 cm³/mol. The maximum atomic E-state index is 12.4. The van der Waals surface area contributed by atoms with E-state index < -0.39 is 5.91 Å². The highest BCUT2D eigenvalue weighted by atomic mass is 16.2. The Bertz CT molecular complexity index is 654. The first-order valence-corrected chi connectivity index (χ1v) is 10.5. The van der Waals surface area contributed by atoms with Crippen LogP contribution in [0.15, 0.2) is 0 Å². The Morgan fingerprint density at radius 2 is 0.903 bits per heavy atom. The fraction of sp³-hybridized carbons (Fsp3) is 0.762. The van der Waals surface area contributed by atoms with Gasteiger partial charge in [-0.3, -0.25) is 28.9 Å². The van der Waals surface area contributed by atoms with Gasteiger partial charge < -0.3 is 19.6 Å². The second-order valence-electron chi connectivity index (χ2n) is 8.06. The van der Waals surface area contributed by atoms with E-state index in [0.29, 0.717) is 6.42 Å². The molecule has 31 heavy (non-hydrogen) atoms. The quantitative estimate of drug-likeness (QED) is 0.383. The average molecular weight is 442 g/mol. The second-order valence-corrected chi connectivity index (χ2v) is 8.06. The summed E-state index contributed by atoms with van der Waals surface area (Å²) in [5.74, 6) is -1.39. The van der Waals surface area contributed by atoms with Crippen LogP contribution < -0.4 is 0 Å². The summed E-state index contributed by atoms with van der Waals surface area (Å²) in [6, 6.07) is 0.255. The van der Waals surface area contributed by atoms with Crippen molar-refractivity contribution in [3.05, 3.63) is 0 Å². The molecule has 10 heteroatoms. The number of hydrogen-bond donors (Lipinski definition) is 0. The van der Waals surface area contributed by atoms with Gasteiger partial charge in [0.1, 0.15) is 0 Å². The molecule has 1 unspecified atom stereocenters. The van der Waals surface area contributed by atoms with Crippen LogP contribution in [0.2, 0.25) is 0 Å². The number of hydrogen-bond acceptors (Lipinski definition) is 6. The van der Waals surface area contributed by atoms with Gasteiger partial charge in [-0.2, -0.15) is 0 Å². The summed E-state index contributed by atoms with van der Waals surface area (Å²) in [4.78, 5) is 67.7. The molecule has 10 nitrogen and oxygen atoms in total. The van der Waals surface area contributed by atoms with Crippen LogP contribution >= 0.6 is 0 Å². The molecule has 0 N–H and O–H groups in total. The van der Waals surface area contributed by atoms with Gasteiger partial charge in [-0.1, -0.05) is 13.8 Å². The number of ketones is 1. The van der Waals surface area contributed by atoms with Crippen LogP contribution in [0.25, 0.3) is 0 Å². The largest absolute Gasteiger partial charge is 0.337 e. The summed E-state index contributed by atoms with van der Waals surface area (Å²) in [5, 5.41) is 0. The zero-order chi connectivity index (χ0) is 24.3. The van der Waals surface area contributed by atoms with E-state index in [2.05, 4.69) is 0 Å². The molecule has 4 amide bonds. The van der Waals surface area contributed by atoms with E-state index in [1.807, 2.05) is 25.8 Å². The van der Waals surface area contributed by atoms with Crippen molar-refractivity contribution in [3.8, 4) is 0 Å². The number of amides is 4. The van der Waals surface area contributed by atoms with Crippen molar-refractivity contribution in [1.29, 1.82) is 0 Å². The van der Waals surface area contributed by atoms with Crippen molar-refractivity contribution >= 4 is 29.4 Å². The standard InChI is InChI=1S/C21H39N5O5/c1-9-16(3)22(4)12-18(28)24(6)14-20(30)26(8)15-21(31)25(7)13-19(29)23(5)11-17(27)10-2/h16H,9-15H2,1-8H3. The summed E-state index contributed by atoms with van der Waals surface area (Å²) in [6.07, 6.45) is 1.25. The topological polar surface area (TPSA) is 102 Å². The van der Waals surface area contributed by atoms with Gasteiger partial charge in [0.05, 0.1) is 32.7 Å². The smallest absolute Gasteiger partial charge is 0.242 e. The summed E-state index contributed by atoms with van der Waals surface area (Å²) in [5.41, 5.74) is 0. The molecule has 0 saturated carbocycles. The predicted octanol–water partition coefficient (Wildman–Crippen LogP) is -0.471. The van der Waals surface area contributed by atoms with Gasteiger partial charge in [0.15, 0.2) is 5.78 Å². The Kier molecular flexibility index (Phi) is 12.6. The van der Waals surface area contributed by atoms with Gasteiger partial charge >= 0.3 is 0 Å². The summed E-state index contributed by atoms with van der Waals surface area (Å²) in [7, 11) is 7.87. The Labute approximate surface area is 186 Å². The normalized spacial score (nSPS) is 11.6.